The number of aromatic amines is 1. The summed E-state index contributed by atoms with van der Waals surface area (Å²) in [5.41, 5.74) is 1.14. The summed E-state index contributed by atoms with van der Waals surface area (Å²) in [7, 11) is 1.04. The van der Waals surface area contributed by atoms with Gasteiger partial charge in [-0.3, -0.25) is 0 Å². The Hall–Kier alpha value is -3.56. The molecule has 0 amide bonds. The number of aromatic carboxylic acids is 1. The summed E-state index contributed by atoms with van der Waals surface area (Å²) >= 11 is 0. The van der Waals surface area contributed by atoms with Crippen molar-refractivity contribution in [2.45, 2.75) is 0 Å². The van der Waals surface area contributed by atoms with Crippen molar-refractivity contribution >= 4 is 35.4 Å². The highest BCUT2D eigenvalue weighted by Gasteiger charge is 2.12. The van der Waals surface area contributed by atoms with Crippen LogP contribution in [0.2, 0.25) is 0 Å². The molecule has 2 heterocycles. The molecule has 0 aliphatic rings. The molecule has 136 valence electrons. The maximum atomic E-state index is 11.4. The number of hydrogen-bond acceptors (Lipinski definition) is 3. The molecule has 0 spiro atoms. The monoisotopic (exact) mass is 385 g/mol. The van der Waals surface area contributed by atoms with E-state index in [1.807, 2.05) is 30.3 Å². The smallest absolute Gasteiger partial charge is 0.336 e. The lowest BCUT2D eigenvalue weighted by molar-refractivity contribution is 0.0698. The van der Waals surface area contributed by atoms with Gasteiger partial charge in [-0.2, -0.15) is 15.4 Å². The molecular weight excluding hydrogens is 369 g/mol. The maximum absolute atomic E-state index is 11.4. The molecule has 2 N–H and O–H groups in total. The van der Waals surface area contributed by atoms with Crippen molar-refractivity contribution in [1.29, 1.82) is 0 Å². The number of benzene rings is 3. The molecule has 0 aliphatic carbocycles. The van der Waals surface area contributed by atoms with E-state index in [4.69, 9.17) is 0 Å². The Morgan fingerprint density at radius 1 is 0.821 bits per heavy atom. The Morgan fingerprint density at radius 2 is 1.57 bits per heavy atom. The SMILES string of the molecule is O=C(O)c1ccccc1-c1ccc2c(ccc3ccccc32)p1.c1cn[nH]n1. The van der Waals surface area contributed by atoms with Crippen LogP contribution in [-0.2, 0) is 0 Å². The highest BCUT2D eigenvalue weighted by atomic mass is 31.0. The summed E-state index contributed by atoms with van der Waals surface area (Å²) < 4.78 is 0. The van der Waals surface area contributed by atoms with Gasteiger partial charge in [-0.05, 0) is 34.4 Å². The van der Waals surface area contributed by atoms with Crippen molar-refractivity contribution in [3.63, 3.8) is 0 Å². The molecule has 0 unspecified atom stereocenters. The van der Waals surface area contributed by atoms with Crippen LogP contribution in [0.4, 0.5) is 0 Å². The number of carboxylic acids is 1. The minimum atomic E-state index is -0.888. The molecule has 0 atom stereocenters. The third-order valence-electron chi connectivity index (χ3n) is 4.36. The lowest BCUT2D eigenvalue weighted by Gasteiger charge is -2.08. The van der Waals surface area contributed by atoms with Crippen LogP contribution in [0.5, 0.6) is 0 Å². The molecule has 0 fully saturated rings. The van der Waals surface area contributed by atoms with Crippen molar-refractivity contribution < 1.29 is 9.90 Å². The van der Waals surface area contributed by atoms with Crippen LogP contribution >= 0.6 is 8.19 Å². The van der Waals surface area contributed by atoms with Gasteiger partial charge in [0.2, 0.25) is 0 Å². The van der Waals surface area contributed by atoms with Gasteiger partial charge in [-0.15, -0.1) is 0 Å². The van der Waals surface area contributed by atoms with Gasteiger partial charge in [0, 0.05) is 16.0 Å². The molecule has 5 rings (SSSR count). The fourth-order valence-electron chi connectivity index (χ4n) is 3.10. The molecule has 3 aromatic carbocycles. The molecule has 2 aromatic heterocycles. The lowest BCUT2D eigenvalue weighted by Crippen LogP contribution is -1.98. The fraction of sp³-hybridized carbons (Fsp3) is 0. The predicted octanol–water partition coefficient (Wildman–Crippen LogP) is 5.74. The number of nitrogens with zero attached hydrogens (tertiary/aromatic N) is 2. The Balaban J connectivity index is 0.000000336. The maximum Gasteiger partial charge on any atom is 0.336 e. The van der Waals surface area contributed by atoms with E-state index in [1.165, 1.54) is 21.3 Å². The number of rotatable bonds is 2. The standard InChI is InChI=1S/C20H13O2P.C2H3N3/c21-20(22)17-8-4-3-7-15(17)19-12-10-16-14-6-2-1-5-13(14)9-11-18(16)23-19;1-2-4-5-3-1/h1-12H,(H,21,22);1-2H,(H,3,4,5). The zero-order valence-corrected chi connectivity index (χ0v) is 15.7. The number of carbonyl (C=O) groups is 1. The first-order valence-corrected chi connectivity index (χ1v) is 9.54. The van der Waals surface area contributed by atoms with Gasteiger partial charge >= 0.3 is 5.97 Å². The van der Waals surface area contributed by atoms with Crippen molar-refractivity contribution in [1.82, 2.24) is 15.4 Å². The Labute approximate surface area is 162 Å². The van der Waals surface area contributed by atoms with Gasteiger partial charge in [-0.1, -0.05) is 62.8 Å². The number of nitrogens with one attached hydrogen (secondary N) is 1. The summed E-state index contributed by atoms with van der Waals surface area (Å²) in [6, 6.07) is 23.9. The Bertz CT molecular complexity index is 1240. The number of hydrogen-bond donors (Lipinski definition) is 2. The van der Waals surface area contributed by atoms with Gasteiger partial charge in [-0.25, -0.2) is 4.79 Å². The van der Waals surface area contributed by atoms with E-state index in [2.05, 4.69) is 45.7 Å². The van der Waals surface area contributed by atoms with E-state index in [9.17, 15) is 9.90 Å². The van der Waals surface area contributed by atoms with Crippen LogP contribution < -0.4 is 0 Å². The average molecular weight is 385 g/mol. The molecule has 0 saturated heterocycles. The van der Waals surface area contributed by atoms with Crippen LogP contribution in [0.25, 0.3) is 32.1 Å². The zero-order chi connectivity index (χ0) is 19.3. The molecule has 6 heteroatoms. The molecule has 0 aliphatic heterocycles. The van der Waals surface area contributed by atoms with Crippen molar-refractivity contribution in [2.75, 3.05) is 0 Å². The van der Waals surface area contributed by atoms with E-state index in [-0.39, 0.29) is 0 Å². The highest BCUT2D eigenvalue weighted by molar-refractivity contribution is 7.40. The number of H-pyrrole nitrogens is 1. The third-order valence-corrected chi connectivity index (χ3v) is 5.62. The topological polar surface area (TPSA) is 78.9 Å². The van der Waals surface area contributed by atoms with Crippen LogP contribution in [0.3, 0.4) is 0 Å². The first kappa shape index (κ1) is 17.8. The summed E-state index contributed by atoms with van der Waals surface area (Å²) in [6.45, 7) is 0. The lowest BCUT2D eigenvalue weighted by atomic mass is 10.0. The normalized spacial score (nSPS) is 10.7. The second-order valence-electron chi connectivity index (χ2n) is 6.06. The second-order valence-corrected chi connectivity index (χ2v) is 7.24. The van der Waals surface area contributed by atoms with Crippen LogP contribution in [0.15, 0.2) is 85.2 Å². The largest absolute Gasteiger partial charge is 0.478 e. The Morgan fingerprint density at radius 3 is 2.32 bits per heavy atom. The van der Waals surface area contributed by atoms with E-state index in [1.54, 1.807) is 24.5 Å². The quantitative estimate of drug-likeness (QED) is 0.380. The van der Waals surface area contributed by atoms with E-state index >= 15 is 0 Å². The van der Waals surface area contributed by atoms with Crippen molar-refractivity contribution in [2.24, 2.45) is 0 Å². The number of aromatic nitrogens is 3. The fourth-order valence-corrected chi connectivity index (χ4v) is 4.28. The first-order chi connectivity index (χ1) is 13.7. The molecule has 0 bridgehead atoms. The van der Waals surface area contributed by atoms with Gasteiger partial charge in [0.1, 0.15) is 0 Å². The summed E-state index contributed by atoms with van der Waals surface area (Å²) in [5.74, 6) is -0.888. The van der Waals surface area contributed by atoms with Crippen molar-refractivity contribution in [3.8, 4) is 10.9 Å². The average Bonchev–Trinajstić information content (AvgIpc) is 3.33. The minimum absolute atomic E-state index is 0.351. The molecule has 28 heavy (non-hydrogen) atoms. The first-order valence-electron chi connectivity index (χ1n) is 8.65. The molecule has 5 aromatic rings. The Kier molecular flexibility index (Phi) is 5.09. The highest BCUT2D eigenvalue weighted by Crippen LogP contribution is 2.38. The van der Waals surface area contributed by atoms with Crippen molar-refractivity contribution in [3.05, 3.63) is 90.8 Å². The number of carboxylic acid groups (broad SMARTS) is 1. The van der Waals surface area contributed by atoms with E-state index in [0.717, 1.165) is 19.1 Å². The third kappa shape index (κ3) is 3.61. The molecular formula is C22H16N3O2P. The van der Waals surface area contributed by atoms with Gasteiger partial charge in [0.15, 0.2) is 0 Å². The van der Waals surface area contributed by atoms with Gasteiger partial charge in [0.05, 0.1) is 18.0 Å². The number of fused-ring (bicyclic) bond motifs is 3. The van der Waals surface area contributed by atoms with Crippen LogP contribution in [-0.4, -0.2) is 26.5 Å². The zero-order valence-electron chi connectivity index (χ0n) is 14.8. The summed E-state index contributed by atoms with van der Waals surface area (Å²) in [5, 5.41) is 24.6. The van der Waals surface area contributed by atoms with E-state index in [0.29, 0.717) is 5.56 Å². The molecule has 5 nitrogen and oxygen atoms in total. The van der Waals surface area contributed by atoms with E-state index < -0.39 is 5.97 Å². The van der Waals surface area contributed by atoms with Gasteiger partial charge in [0.25, 0.3) is 0 Å². The predicted molar refractivity (Wildman–Crippen MR) is 113 cm³/mol. The van der Waals surface area contributed by atoms with Crippen LogP contribution in [0.1, 0.15) is 10.4 Å². The minimum Gasteiger partial charge on any atom is -0.478 e. The molecule has 0 saturated carbocycles. The van der Waals surface area contributed by atoms with Gasteiger partial charge < -0.3 is 5.11 Å². The second kappa shape index (κ2) is 7.99. The van der Waals surface area contributed by atoms with Crippen LogP contribution in [0, 0.1) is 0 Å². The summed E-state index contributed by atoms with van der Waals surface area (Å²) in [6.07, 6.45) is 3.17. The summed E-state index contributed by atoms with van der Waals surface area (Å²) in [4.78, 5) is 11.4. The molecule has 0 radical (unpaired) electrons.